The van der Waals surface area contributed by atoms with E-state index in [1.54, 1.807) is 0 Å². The molecule has 0 radical (unpaired) electrons. The number of carbonyl (C=O) groups is 2. The van der Waals surface area contributed by atoms with Crippen LogP contribution in [-0.2, 0) is 19.1 Å². The molecule has 8 heteroatoms. The van der Waals surface area contributed by atoms with Crippen LogP contribution in [0.15, 0.2) is 0 Å². The second-order valence-corrected chi connectivity index (χ2v) is 16.3. The molecule has 6 fully saturated rings. The van der Waals surface area contributed by atoms with Gasteiger partial charge in [-0.3, -0.25) is 0 Å². The summed E-state index contributed by atoms with van der Waals surface area (Å²) in [6.07, 6.45) is 6.43. The SMILES string of the molecule is CC1(OC(=O)COC(=O)C(C)(I)C23NI2N3)CC2CC1C1C3CCC(C3)C21. The van der Waals surface area contributed by atoms with Crippen molar-refractivity contribution in [3.63, 3.8) is 0 Å². The summed E-state index contributed by atoms with van der Waals surface area (Å²) in [5.41, 5.74) is -0.360. The summed E-state index contributed by atoms with van der Waals surface area (Å²) in [5.74, 6) is 3.99. The first-order valence-electron chi connectivity index (χ1n) is 10.1. The molecule has 8 unspecified atom stereocenters. The Hall–Kier alpha value is 0.320. The molecule has 0 aromatic rings. The normalized spacial score (nSPS) is 50.0. The number of hydrogen-bond acceptors (Lipinski definition) is 6. The summed E-state index contributed by atoms with van der Waals surface area (Å²) >= 11 is 0.903. The van der Waals surface area contributed by atoms with Gasteiger partial charge in [0.15, 0.2) is 0 Å². The third kappa shape index (κ3) is 2.35. The van der Waals surface area contributed by atoms with Crippen LogP contribution in [0.5, 0.6) is 0 Å². The number of hydrogen-bond donors (Lipinski definition) is 2. The molecule has 0 aromatic heterocycles. The Kier molecular flexibility index (Phi) is 3.70. The molecule has 4 bridgehead atoms. The van der Waals surface area contributed by atoms with E-state index in [-0.39, 0.29) is 27.8 Å². The zero-order chi connectivity index (χ0) is 18.8. The fraction of sp³-hybridized carbons (Fsp3) is 0.895. The Morgan fingerprint density at radius 1 is 1.19 bits per heavy atom. The average Bonchev–Trinajstić information content (AvgIpc) is 3.17. The fourth-order valence-electron chi connectivity index (χ4n) is 7.25. The number of halogens is 2. The van der Waals surface area contributed by atoms with Crippen LogP contribution in [0.4, 0.5) is 0 Å². The van der Waals surface area contributed by atoms with Gasteiger partial charge in [0.1, 0.15) is 0 Å². The standard InChI is InChI=1S/C19H26I2N2O4/c1-17(7-11-6-12(17)15-10-4-3-9(5-10)14(11)15)27-13(24)8-26-16(25)18(2,20)19-21(22-19)23-19/h9-12,14-15,22-23H,3-8H2,1-2H3. The summed E-state index contributed by atoms with van der Waals surface area (Å²) in [6, 6.07) is 0. The average molecular weight is 600 g/mol. The molecule has 4 aliphatic carbocycles. The van der Waals surface area contributed by atoms with Crippen LogP contribution in [0, 0.1) is 35.5 Å². The van der Waals surface area contributed by atoms with Crippen molar-refractivity contribution in [3.05, 3.63) is 0 Å². The van der Waals surface area contributed by atoms with E-state index in [0.717, 1.165) is 36.0 Å². The van der Waals surface area contributed by atoms with Crippen LogP contribution in [0.25, 0.3) is 0 Å². The molecular formula is C19H26I2N2O4. The number of esters is 2. The van der Waals surface area contributed by atoms with Gasteiger partial charge in [-0.15, -0.1) is 0 Å². The van der Waals surface area contributed by atoms with Crippen LogP contribution in [-0.4, -0.2) is 31.2 Å². The van der Waals surface area contributed by atoms with Crippen molar-refractivity contribution in [2.45, 2.75) is 58.6 Å². The van der Waals surface area contributed by atoms with Gasteiger partial charge in [0, 0.05) is 0 Å². The summed E-state index contributed by atoms with van der Waals surface area (Å²) in [5, 5.41) is 0. The quantitative estimate of drug-likeness (QED) is 0.0960. The van der Waals surface area contributed by atoms with Crippen molar-refractivity contribution in [3.8, 4) is 0 Å². The van der Waals surface area contributed by atoms with E-state index in [0.29, 0.717) is 5.92 Å². The summed E-state index contributed by atoms with van der Waals surface area (Å²) in [7, 11) is 0. The third-order valence-corrected chi connectivity index (χ3v) is 15.6. The van der Waals surface area contributed by atoms with Gasteiger partial charge in [0.2, 0.25) is 0 Å². The van der Waals surface area contributed by atoms with Gasteiger partial charge in [-0.05, 0) is 6.42 Å². The maximum atomic E-state index is 12.5. The Morgan fingerprint density at radius 2 is 1.85 bits per heavy atom. The number of alkyl halides is 2. The first-order chi connectivity index (χ1) is 12.8. The van der Waals surface area contributed by atoms with E-state index in [4.69, 9.17) is 9.47 Å². The molecule has 150 valence electrons. The van der Waals surface area contributed by atoms with Gasteiger partial charge in [0.05, 0.1) is 0 Å². The number of rotatable bonds is 5. The molecule has 4 saturated carbocycles. The monoisotopic (exact) mass is 600 g/mol. The molecule has 6 nitrogen and oxygen atoms in total. The summed E-state index contributed by atoms with van der Waals surface area (Å²) in [4.78, 5) is 25.0. The van der Waals surface area contributed by atoms with Crippen molar-refractivity contribution in [1.82, 2.24) is 7.06 Å². The van der Waals surface area contributed by atoms with Gasteiger partial charge in [-0.1, -0.05) is 0 Å². The van der Waals surface area contributed by atoms with E-state index < -0.39 is 23.8 Å². The molecule has 6 aliphatic rings. The Bertz CT molecular complexity index is 739. The summed E-state index contributed by atoms with van der Waals surface area (Å²) < 4.78 is 17.2. The van der Waals surface area contributed by atoms with Crippen LogP contribution in [0.2, 0.25) is 0 Å². The number of ether oxygens (including phenoxy) is 2. The predicted molar refractivity (Wildman–Crippen MR) is 115 cm³/mol. The molecule has 2 aliphatic heterocycles. The molecule has 8 atom stereocenters. The summed E-state index contributed by atoms with van der Waals surface area (Å²) in [6.45, 7) is 3.73. The van der Waals surface area contributed by atoms with Gasteiger partial charge >= 0.3 is 175 Å². The van der Waals surface area contributed by atoms with E-state index in [1.807, 2.05) is 6.92 Å². The van der Waals surface area contributed by atoms with Crippen molar-refractivity contribution < 1.29 is 19.1 Å². The first kappa shape index (κ1) is 18.1. The zero-order valence-corrected chi connectivity index (χ0v) is 19.9. The van der Waals surface area contributed by atoms with E-state index >= 15 is 0 Å². The Morgan fingerprint density at radius 3 is 2.52 bits per heavy atom. The first-order valence-corrected chi connectivity index (χ1v) is 14.4. The van der Waals surface area contributed by atoms with Gasteiger partial charge in [-0.25, -0.2) is 0 Å². The molecule has 2 saturated heterocycles. The number of fused-ring (bicyclic) bond motifs is 10. The van der Waals surface area contributed by atoms with E-state index in [9.17, 15) is 9.59 Å². The van der Waals surface area contributed by atoms with Crippen LogP contribution < -0.4 is 7.06 Å². The second kappa shape index (κ2) is 5.51. The molecule has 0 amide bonds. The Labute approximate surface area is 180 Å². The van der Waals surface area contributed by atoms with Crippen molar-refractivity contribution in [2.75, 3.05) is 6.61 Å². The van der Waals surface area contributed by atoms with Crippen LogP contribution in [0.3, 0.4) is 0 Å². The topological polar surface area (TPSA) is 96.5 Å². The molecule has 2 heterocycles. The van der Waals surface area contributed by atoms with Crippen molar-refractivity contribution in [2.24, 2.45) is 35.5 Å². The van der Waals surface area contributed by atoms with Gasteiger partial charge in [-0.2, -0.15) is 0 Å². The molecule has 27 heavy (non-hydrogen) atoms. The van der Waals surface area contributed by atoms with Crippen molar-refractivity contribution >= 4 is 54.9 Å². The van der Waals surface area contributed by atoms with Gasteiger partial charge < -0.3 is 0 Å². The fourth-order valence-corrected chi connectivity index (χ4v) is 15.0. The van der Waals surface area contributed by atoms with Crippen molar-refractivity contribution in [1.29, 1.82) is 0 Å². The minimum absolute atomic E-state index is 0.175. The minimum atomic E-state index is -1.24. The molecular weight excluding hydrogens is 574 g/mol. The third-order valence-electron chi connectivity index (χ3n) is 8.42. The predicted octanol–water partition coefficient (Wildman–Crippen LogP) is 2.92. The maximum absolute atomic E-state index is 12.5. The van der Waals surface area contributed by atoms with E-state index in [2.05, 4.69) is 36.6 Å². The molecule has 2 N–H and O–H groups in total. The number of nitrogens with one attached hydrogen (secondary N) is 2. The Balaban J connectivity index is 1.08. The zero-order valence-electron chi connectivity index (χ0n) is 15.6. The number of carbonyl (C=O) groups excluding carboxylic acids is 2. The second-order valence-electron chi connectivity index (χ2n) is 9.79. The molecule has 0 spiro atoms. The van der Waals surface area contributed by atoms with Crippen LogP contribution in [0.1, 0.15) is 46.0 Å². The van der Waals surface area contributed by atoms with Crippen LogP contribution >= 0.6 is 43.0 Å². The molecule has 6 rings (SSSR count). The van der Waals surface area contributed by atoms with E-state index in [1.165, 1.54) is 25.7 Å². The molecule has 0 aromatic carbocycles. The van der Waals surface area contributed by atoms with Gasteiger partial charge in [0.25, 0.3) is 0 Å².